The van der Waals surface area contributed by atoms with Gasteiger partial charge in [0.2, 0.25) is 12.6 Å². The van der Waals surface area contributed by atoms with Gasteiger partial charge < -0.3 is 59.8 Å². The Morgan fingerprint density at radius 1 is 0.595 bits per heavy atom. The molecule has 2 fully saturated rings. The summed E-state index contributed by atoms with van der Waals surface area (Å²) in [4.78, 5) is 0. The molecule has 2 aliphatic heterocycles. The van der Waals surface area contributed by atoms with E-state index < -0.39 is 74.6 Å². The lowest BCUT2D eigenvalue weighted by Crippen LogP contribution is -2.60. The van der Waals surface area contributed by atoms with Gasteiger partial charge in [0.1, 0.15) is 60.3 Å². The third kappa shape index (κ3) is 6.68. The fourth-order valence-corrected chi connectivity index (χ4v) is 4.95. The van der Waals surface area contributed by atoms with E-state index in [9.17, 15) is 40.9 Å². The van der Waals surface area contributed by atoms with Crippen LogP contribution >= 0.6 is 0 Å². The Balaban J connectivity index is 1.77. The minimum atomic E-state index is -1.65. The average molecular weight is 591 g/mol. The number of hydrogen-bond donors (Lipinski definition) is 8. The van der Waals surface area contributed by atoms with E-state index in [2.05, 4.69) is 13.2 Å². The molecule has 0 unspecified atom stereocenters. The monoisotopic (exact) mass is 590 g/mol. The van der Waals surface area contributed by atoms with E-state index in [1.807, 2.05) is 0 Å². The van der Waals surface area contributed by atoms with Gasteiger partial charge in [0.05, 0.1) is 13.2 Å². The molecule has 8 N–H and O–H groups in total. The van der Waals surface area contributed by atoms with Crippen molar-refractivity contribution >= 4 is 0 Å². The quantitative estimate of drug-likeness (QED) is 0.151. The van der Waals surface area contributed by atoms with E-state index in [0.29, 0.717) is 24.0 Å². The van der Waals surface area contributed by atoms with Gasteiger partial charge in [-0.15, -0.1) is 13.2 Å². The first-order valence-electron chi connectivity index (χ1n) is 13.6. The molecule has 2 saturated heterocycles. The fraction of sp³-hybridized carbons (Fsp3) is 0.467. The van der Waals surface area contributed by atoms with Crippen molar-refractivity contribution in [2.75, 3.05) is 13.2 Å². The van der Waals surface area contributed by atoms with E-state index in [-0.39, 0.29) is 11.5 Å². The second kappa shape index (κ2) is 14.1. The van der Waals surface area contributed by atoms with Crippen LogP contribution in [0.15, 0.2) is 61.7 Å². The third-order valence-corrected chi connectivity index (χ3v) is 7.32. The molecular formula is C30H38O12. The maximum atomic E-state index is 10.6. The number of aliphatic hydroxyl groups is 8. The van der Waals surface area contributed by atoms with Crippen LogP contribution in [0.2, 0.25) is 0 Å². The number of benzene rings is 2. The zero-order valence-electron chi connectivity index (χ0n) is 22.8. The second-order valence-electron chi connectivity index (χ2n) is 10.3. The van der Waals surface area contributed by atoms with Gasteiger partial charge in [-0.25, -0.2) is 0 Å². The zero-order chi connectivity index (χ0) is 30.6. The van der Waals surface area contributed by atoms with Gasteiger partial charge in [-0.05, 0) is 48.2 Å². The maximum Gasteiger partial charge on any atom is 0.229 e. The molecule has 12 heteroatoms. The Kier molecular flexibility index (Phi) is 10.7. The Hall–Kier alpha value is -2.88. The van der Waals surface area contributed by atoms with Crippen molar-refractivity contribution in [3.8, 4) is 22.6 Å². The van der Waals surface area contributed by atoms with Crippen molar-refractivity contribution in [3.05, 3.63) is 72.8 Å². The summed E-state index contributed by atoms with van der Waals surface area (Å²) in [5.41, 5.74) is 2.54. The van der Waals surface area contributed by atoms with E-state index in [1.54, 1.807) is 48.6 Å². The van der Waals surface area contributed by atoms with Gasteiger partial charge in [-0.2, -0.15) is 0 Å². The molecule has 230 valence electrons. The summed E-state index contributed by atoms with van der Waals surface area (Å²) in [6, 6.07) is 10.3. The predicted octanol–water partition coefficient (Wildman–Crippen LogP) is -0.832. The van der Waals surface area contributed by atoms with E-state index in [0.717, 1.165) is 11.1 Å². The number of hydrogen-bond acceptors (Lipinski definition) is 12. The van der Waals surface area contributed by atoms with Gasteiger partial charge in [-0.1, -0.05) is 24.3 Å². The van der Waals surface area contributed by atoms with Gasteiger partial charge in [-0.3, -0.25) is 0 Å². The van der Waals surface area contributed by atoms with Crippen molar-refractivity contribution < 1.29 is 59.8 Å². The van der Waals surface area contributed by atoms with Crippen molar-refractivity contribution in [1.29, 1.82) is 0 Å². The summed E-state index contributed by atoms with van der Waals surface area (Å²) in [6.07, 6.45) is -10.6. The number of ether oxygens (including phenoxy) is 4. The molecule has 0 bridgehead atoms. The number of aliphatic hydroxyl groups excluding tert-OH is 8. The van der Waals surface area contributed by atoms with Gasteiger partial charge in [0.15, 0.2) is 0 Å². The molecule has 10 atom stereocenters. The molecule has 0 radical (unpaired) electrons. The summed E-state index contributed by atoms with van der Waals surface area (Å²) in [5.74, 6) is 0.364. The van der Waals surface area contributed by atoms with Crippen LogP contribution in [-0.2, 0) is 22.3 Å². The standard InChI is InChI=1S/C30H38O12/c1-3-5-15-7-9-19(39-29-27(37)25(35)23(33)21(13-31)41-29)17(11-15)18-12-16(6-4-2)8-10-20(18)40-30-28(38)26(36)24(34)22(14-32)42-30/h3-4,7-12,21-38H,1-2,5-6,13-14H2/t21-,22-,23-,24-,25+,26+,27-,28-,29-,30-/m1/s1. The first-order chi connectivity index (χ1) is 20.1. The van der Waals surface area contributed by atoms with Crippen LogP contribution in [0.1, 0.15) is 11.1 Å². The molecule has 42 heavy (non-hydrogen) atoms. The highest BCUT2D eigenvalue weighted by atomic mass is 16.7. The molecule has 2 aromatic carbocycles. The minimum Gasteiger partial charge on any atom is -0.461 e. The molecule has 0 aromatic heterocycles. The van der Waals surface area contributed by atoms with Crippen LogP contribution in [0.3, 0.4) is 0 Å². The summed E-state index contributed by atoms with van der Waals surface area (Å²) >= 11 is 0. The maximum absolute atomic E-state index is 10.6. The Bertz CT molecular complexity index is 1120. The van der Waals surface area contributed by atoms with Gasteiger partial charge in [0.25, 0.3) is 0 Å². The highest BCUT2D eigenvalue weighted by Crippen LogP contribution is 2.41. The lowest BCUT2D eigenvalue weighted by Gasteiger charge is -2.40. The largest absolute Gasteiger partial charge is 0.461 e. The zero-order valence-corrected chi connectivity index (χ0v) is 22.8. The normalized spacial score (nSPS) is 33.1. The predicted molar refractivity (Wildman–Crippen MR) is 148 cm³/mol. The van der Waals surface area contributed by atoms with Crippen molar-refractivity contribution in [3.63, 3.8) is 0 Å². The average Bonchev–Trinajstić information content (AvgIpc) is 2.99. The van der Waals surface area contributed by atoms with Crippen LogP contribution in [-0.4, -0.2) is 115 Å². The van der Waals surface area contributed by atoms with E-state index in [4.69, 9.17) is 18.9 Å². The number of rotatable bonds is 11. The first kappa shape index (κ1) is 32.0. The summed E-state index contributed by atoms with van der Waals surface area (Å²) in [5, 5.41) is 81.3. The SMILES string of the molecule is C=CCc1ccc(O[C@@H]2O[C@H](CO)[C@@H](O)[C@H](O)[C@H]2O)c(-c2cc(CC=C)ccc2O[C@@H]2O[C@H](CO)[C@@H](O)[C@H](O)[C@H]2O)c1. The second-order valence-corrected chi connectivity index (χ2v) is 10.3. The topological polar surface area (TPSA) is 199 Å². The lowest BCUT2D eigenvalue weighted by molar-refractivity contribution is -0.277. The molecule has 2 aromatic rings. The smallest absolute Gasteiger partial charge is 0.229 e. The van der Waals surface area contributed by atoms with Crippen LogP contribution in [0, 0.1) is 0 Å². The molecule has 12 nitrogen and oxygen atoms in total. The summed E-state index contributed by atoms with van der Waals surface area (Å²) < 4.78 is 23.2. The molecule has 2 aliphatic rings. The molecule has 0 aliphatic carbocycles. The highest BCUT2D eigenvalue weighted by molar-refractivity contribution is 5.77. The van der Waals surface area contributed by atoms with Crippen molar-refractivity contribution in [2.45, 2.75) is 74.3 Å². The Morgan fingerprint density at radius 2 is 0.976 bits per heavy atom. The lowest BCUT2D eigenvalue weighted by atomic mass is 9.96. The van der Waals surface area contributed by atoms with Crippen molar-refractivity contribution in [2.24, 2.45) is 0 Å². The Labute approximate surface area is 242 Å². The number of allylic oxidation sites excluding steroid dienone is 2. The highest BCUT2D eigenvalue weighted by Gasteiger charge is 2.46. The fourth-order valence-electron chi connectivity index (χ4n) is 4.95. The molecular weight excluding hydrogens is 552 g/mol. The third-order valence-electron chi connectivity index (χ3n) is 7.32. The summed E-state index contributed by atoms with van der Waals surface area (Å²) in [6.45, 7) is 6.31. The van der Waals surface area contributed by atoms with Crippen LogP contribution in [0.5, 0.6) is 11.5 Å². The van der Waals surface area contributed by atoms with E-state index >= 15 is 0 Å². The van der Waals surface area contributed by atoms with Gasteiger partial charge >= 0.3 is 0 Å². The summed E-state index contributed by atoms with van der Waals surface area (Å²) in [7, 11) is 0. The molecule has 4 rings (SSSR count). The van der Waals surface area contributed by atoms with Crippen LogP contribution in [0.4, 0.5) is 0 Å². The van der Waals surface area contributed by atoms with Crippen LogP contribution < -0.4 is 9.47 Å². The van der Waals surface area contributed by atoms with Crippen molar-refractivity contribution in [1.82, 2.24) is 0 Å². The molecule has 0 amide bonds. The molecule has 0 spiro atoms. The van der Waals surface area contributed by atoms with Crippen LogP contribution in [0.25, 0.3) is 11.1 Å². The molecule has 0 saturated carbocycles. The minimum absolute atomic E-state index is 0.182. The first-order valence-corrected chi connectivity index (χ1v) is 13.6. The van der Waals surface area contributed by atoms with E-state index in [1.165, 1.54) is 0 Å². The molecule has 2 heterocycles. The van der Waals surface area contributed by atoms with Gasteiger partial charge in [0, 0.05) is 11.1 Å². The Morgan fingerprint density at radius 3 is 1.31 bits per heavy atom.